The van der Waals surface area contributed by atoms with Crippen molar-refractivity contribution in [2.24, 2.45) is 0 Å². The summed E-state index contributed by atoms with van der Waals surface area (Å²) in [5.41, 5.74) is 2.00. The second kappa shape index (κ2) is 28.4. The van der Waals surface area contributed by atoms with Crippen molar-refractivity contribution in [1.29, 1.82) is 0 Å². The van der Waals surface area contributed by atoms with Crippen molar-refractivity contribution in [3.8, 4) is 0 Å². The van der Waals surface area contributed by atoms with Crippen LogP contribution in [-0.4, -0.2) is 24.0 Å². The summed E-state index contributed by atoms with van der Waals surface area (Å²) in [6.07, 6.45) is 1.50. The molecule has 0 rings (SSSR count). The molecule has 0 saturated carbocycles. The molecule has 0 bridgehead atoms. The fourth-order valence-corrected chi connectivity index (χ4v) is 0. The first-order valence-electron chi connectivity index (χ1n) is 1.70. The van der Waals surface area contributed by atoms with Gasteiger partial charge in [0, 0.05) is 6.92 Å². The van der Waals surface area contributed by atoms with E-state index in [1.165, 1.54) is 13.2 Å². The Morgan fingerprint density at radius 1 is 1.60 bits per heavy atom. The van der Waals surface area contributed by atoms with Crippen LogP contribution in [0.1, 0.15) is 6.92 Å². The van der Waals surface area contributed by atoms with Crippen molar-refractivity contribution in [2.75, 3.05) is 0 Å². The van der Waals surface area contributed by atoms with Crippen LogP contribution in [0.3, 0.4) is 0 Å². The first-order valence-corrected chi connectivity index (χ1v) is 1.70. The minimum atomic E-state index is 1.32. The number of hydrogen-bond acceptors (Lipinski definition) is 1. The van der Waals surface area contributed by atoms with E-state index < -0.39 is 0 Å². The summed E-state index contributed by atoms with van der Waals surface area (Å²) in [7, 11) is 0. The Balaban J connectivity index is 0. The second-order valence-corrected chi connectivity index (χ2v) is 0.204. The molecule has 0 heterocycles. The molecular formula is C3H6LiO. The Morgan fingerprint density at radius 2 is 1.60 bits per heavy atom. The summed E-state index contributed by atoms with van der Waals surface area (Å²) in [6, 6.07) is 0. The van der Waals surface area contributed by atoms with Crippen LogP contribution in [0.15, 0.2) is 0 Å². The van der Waals surface area contributed by atoms with E-state index >= 15 is 0 Å². The predicted molar refractivity (Wildman–Crippen MR) is 23.0 cm³/mol. The molecule has 0 unspecified atom stereocenters. The van der Waals surface area contributed by atoms with Crippen LogP contribution in [0.25, 0.3) is 0 Å². The first kappa shape index (κ1) is 8.99. The van der Waals surface area contributed by atoms with Gasteiger partial charge in [-0.2, -0.15) is 0 Å². The van der Waals surface area contributed by atoms with Gasteiger partial charge < -0.3 is 0 Å². The van der Waals surface area contributed by atoms with Crippen LogP contribution < -0.4 is 0 Å². The molecule has 0 N–H and O–H groups in total. The van der Waals surface area contributed by atoms with E-state index in [0.29, 0.717) is 0 Å². The van der Waals surface area contributed by atoms with Crippen molar-refractivity contribution in [3.05, 3.63) is 0 Å². The Hall–Kier alpha value is 0.267. The maximum atomic E-state index is 8.68. The van der Waals surface area contributed by atoms with Crippen molar-refractivity contribution in [3.63, 3.8) is 0 Å². The summed E-state index contributed by atoms with van der Waals surface area (Å²) < 4.78 is 0. The normalized spacial score (nSPS) is 4.00. The van der Waals surface area contributed by atoms with Gasteiger partial charge in [0.2, 0.25) is 0 Å². The Labute approximate surface area is 42.0 Å². The van der Waals surface area contributed by atoms with Gasteiger partial charge in [-0.15, -0.1) is 0 Å². The molecule has 1 radical (unpaired) electrons. The summed E-state index contributed by atoms with van der Waals surface area (Å²) >= 11 is 2.00. The Kier molecular flexibility index (Phi) is 51.0. The Morgan fingerprint density at radius 3 is 1.60 bits per heavy atom. The van der Waals surface area contributed by atoms with Crippen LogP contribution >= 0.6 is 0 Å². The van der Waals surface area contributed by atoms with Crippen molar-refractivity contribution in [1.82, 2.24) is 0 Å². The monoisotopic (exact) mass is 65.1 g/mol. The quantitative estimate of drug-likeness (QED) is 0.371. The van der Waals surface area contributed by atoms with Gasteiger partial charge >= 0.3 is 23.3 Å². The van der Waals surface area contributed by atoms with E-state index in [0.717, 1.165) is 0 Å². The van der Waals surface area contributed by atoms with Gasteiger partial charge in [-0.05, 0) is 0 Å². The van der Waals surface area contributed by atoms with E-state index in [1.54, 1.807) is 0 Å². The zero-order valence-electron chi connectivity index (χ0n) is 3.91. The fourth-order valence-electron chi connectivity index (χ4n) is 0. The molecule has 0 fully saturated rings. The van der Waals surface area contributed by atoms with E-state index in [4.69, 9.17) is 4.79 Å². The zero-order chi connectivity index (χ0) is 4.71. The summed E-state index contributed by atoms with van der Waals surface area (Å²) in [5.74, 6) is 0. The molecular weight excluding hydrogens is 59.0 g/mol. The van der Waals surface area contributed by atoms with Crippen LogP contribution in [0.2, 0.25) is 5.60 Å². The second-order valence-electron chi connectivity index (χ2n) is 0.204. The molecule has 0 aliphatic heterocycles. The maximum absolute atomic E-state index is 8.68. The summed E-state index contributed by atoms with van der Waals surface area (Å²) in [5, 5.41) is 0. The standard InChI is InChI=1S/C2H3O.CH3.Li/c1-2-3;;/h1H3;1H3;. The van der Waals surface area contributed by atoms with Crippen molar-refractivity contribution < 1.29 is 4.79 Å². The van der Waals surface area contributed by atoms with Gasteiger partial charge in [0.1, 0.15) is 0 Å². The summed E-state index contributed by atoms with van der Waals surface area (Å²) in [4.78, 5) is 8.68. The average molecular weight is 65.0 g/mol. The van der Waals surface area contributed by atoms with Gasteiger partial charge in [0.05, 0.1) is 0 Å². The third-order valence-corrected chi connectivity index (χ3v) is 0. The topological polar surface area (TPSA) is 17.1 Å². The Bertz CT molecular complexity index is 14.4. The molecule has 5 heavy (non-hydrogen) atoms. The van der Waals surface area contributed by atoms with E-state index in [2.05, 4.69) is 0 Å². The van der Waals surface area contributed by atoms with Gasteiger partial charge in [-0.25, -0.2) is 0 Å². The van der Waals surface area contributed by atoms with Gasteiger partial charge in [-0.1, -0.05) is 0 Å². The molecule has 0 aromatic heterocycles. The molecule has 0 aliphatic rings. The van der Waals surface area contributed by atoms with Gasteiger partial charge in [0.25, 0.3) is 0 Å². The minimum absolute atomic E-state index is 1.32. The molecule has 0 amide bonds. The molecule has 2 heteroatoms. The van der Waals surface area contributed by atoms with E-state index in [-0.39, 0.29) is 0 Å². The van der Waals surface area contributed by atoms with Crippen LogP contribution in [0.4, 0.5) is 0 Å². The van der Waals surface area contributed by atoms with Crippen LogP contribution in [0.5, 0.6) is 0 Å². The summed E-state index contributed by atoms with van der Waals surface area (Å²) in [6.45, 7) is 1.32. The van der Waals surface area contributed by atoms with Gasteiger partial charge in [0.15, 0.2) is 6.29 Å². The first-order chi connectivity index (χ1) is 2.41. The van der Waals surface area contributed by atoms with Crippen LogP contribution in [0, 0.1) is 0 Å². The molecule has 0 aromatic carbocycles. The zero-order valence-corrected chi connectivity index (χ0v) is 3.91. The van der Waals surface area contributed by atoms with Gasteiger partial charge in [-0.3, -0.25) is 4.79 Å². The van der Waals surface area contributed by atoms with Crippen LogP contribution in [-0.2, 0) is 4.79 Å². The third-order valence-electron chi connectivity index (χ3n) is 0. The molecule has 25 valence electrons. The number of hydrogen-bond donors (Lipinski definition) is 0. The third kappa shape index (κ3) is 307. The molecule has 0 spiro atoms. The predicted octanol–water partition coefficient (Wildman–Crippen LogP) is 0.319. The van der Waals surface area contributed by atoms with E-state index in [9.17, 15) is 0 Å². The van der Waals surface area contributed by atoms with E-state index in [1.807, 2.05) is 23.3 Å². The van der Waals surface area contributed by atoms with Crippen molar-refractivity contribution >= 4 is 24.0 Å². The number of carbonyl (C=O) groups excluding carboxylic acids is 1. The molecule has 0 aliphatic carbocycles. The molecule has 0 aromatic rings. The fraction of sp³-hybridized carbons (Fsp3) is 0.667. The average Bonchev–Trinajstić information content (AvgIpc) is 1.46. The molecule has 0 saturated heterocycles. The molecule has 1 nitrogen and oxygen atoms in total. The molecule has 0 atom stereocenters. The van der Waals surface area contributed by atoms with Crippen molar-refractivity contribution in [2.45, 2.75) is 12.5 Å². The number of rotatable bonds is 0. The SMILES string of the molecule is C[C]=O.[Li][CH3].